The van der Waals surface area contributed by atoms with Gasteiger partial charge in [-0.1, -0.05) is 0 Å². The highest BCUT2D eigenvalue weighted by Gasteiger charge is 2.21. The van der Waals surface area contributed by atoms with E-state index < -0.39 is 12.2 Å². The van der Waals surface area contributed by atoms with Gasteiger partial charge in [0.05, 0.1) is 19.9 Å². The zero-order chi connectivity index (χ0) is 18.1. The van der Waals surface area contributed by atoms with E-state index in [1.807, 2.05) is 13.8 Å². The summed E-state index contributed by atoms with van der Waals surface area (Å²) in [5.41, 5.74) is 0. The third-order valence-electron chi connectivity index (χ3n) is 4.19. The van der Waals surface area contributed by atoms with Gasteiger partial charge in [-0.05, 0) is 13.8 Å². The van der Waals surface area contributed by atoms with Crippen LogP contribution in [0, 0.1) is 0 Å². The van der Waals surface area contributed by atoms with Crippen molar-refractivity contribution < 1.29 is 28.5 Å². The van der Waals surface area contributed by atoms with Crippen molar-refractivity contribution in [1.82, 2.24) is 20.4 Å². The molecule has 144 valence electrons. The Morgan fingerprint density at radius 3 is 1.72 bits per heavy atom. The van der Waals surface area contributed by atoms with Crippen molar-refractivity contribution >= 4 is 12.2 Å². The third-order valence-corrected chi connectivity index (χ3v) is 4.19. The van der Waals surface area contributed by atoms with Crippen molar-refractivity contribution in [3.05, 3.63) is 0 Å². The molecule has 2 amide bonds. The quantitative estimate of drug-likeness (QED) is 0.572. The van der Waals surface area contributed by atoms with Crippen LogP contribution in [-0.4, -0.2) is 93.7 Å². The first-order valence-corrected chi connectivity index (χ1v) is 8.59. The molecule has 2 aliphatic rings. The first-order valence-electron chi connectivity index (χ1n) is 8.59. The molecule has 0 radical (unpaired) electrons. The molecule has 0 aliphatic carbocycles. The maximum atomic E-state index is 11.5. The molecule has 2 heterocycles. The van der Waals surface area contributed by atoms with Crippen LogP contribution in [0.3, 0.4) is 0 Å². The molecule has 25 heavy (non-hydrogen) atoms. The summed E-state index contributed by atoms with van der Waals surface area (Å²) in [6, 6.07) is 0. The molecule has 10 heteroatoms. The highest BCUT2D eigenvalue weighted by atomic mass is 16.6. The predicted molar refractivity (Wildman–Crippen MR) is 87.8 cm³/mol. The van der Waals surface area contributed by atoms with Gasteiger partial charge >= 0.3 is 12.2 Å². The first-order chi connectivity index (χ1) is 12.1. The summed E-state index contributed by atoms with van der Waals surface area (Å²) < 4.78 is 20.8. The van der Waals surface area contributed by atoms with E-state index in [9.17, 15) is 9.59 Å². The Hall–Kier alpha value is -1.62. The van der Waals surface area contributed by atoms with Crippen molar-refractivity contribution in [2.24, 2.45) is 0 Å². The van der Waals surface area contributed by atoms with Crippen LogP contribution in [0.2, 0.25) is 0 Å². The van der Waals surface area contributed by atoms with Gasteiger partial charge in [-0.3, -0.25) is 9.80 Å². The average molecular weight is 360 g/mol. The molecule has 10 nitrogen and oxygen atoms in total. The minimum absolute atomic E-state index is 0.0515. The number of carbonyl (C=O) groups excluding carboxylic acids is 2. The van der Waals surface area contributed by atoms with Gasteiger partial charge < -0.3 is 29.6 Å². The van der Waals surface area contributed by atoms with Gasteiger partial charge in [0.25, 0.3) is 0 Å². The van der Waals surface area contributed by atoms with Gasteiger partial charge in [0, 0.05) is 26.2 Å². The molecule has 2 fully saturated rings. The monoisotopic (exact) mass is 360 g/mol. The lowest BCUT2D eigenvalue weighted by Gasteiger charge is -2.19. The second kappa shape index (κ2) is 10.4. The third kappa shape index (κ3) is 7.02. The lowest BCUT2D eigenvalue weighted by atomic mass is 10.5. The molecule has 0 spiro atoms. The highest BCUT2D eigenvalue weighted by Crippen LogP contribution is 2.08. The molecule has 2 aliphatic heterocycles. The van der Waals surface area contributed by atoms with E-state index in [-0.39, 0.29) is 32.3 Å². The number of nitrogens with one attached hydrogen (secondary N) is 2. The van der Waals surface area contributed by atoms with Gasteiger partial charge in [-0.15, -0.1) is 0 Å². The van der Waals surface area contributed by atoms with E-state index in [4.69, 9.17) is 18.9 Å². The topological polar surface area (TPSA) is 102 Å². The SMILES string of the molecule is CC1OCCN1CCOC(=O)NCNC(=O)OCCN1CCOC1C. The molecule has 2 atom stereocenters. The van der Waals surface area contributed by atoms with E-state index in [1.165, 1.54) is 0 Å². The van der Waals surface area contributed by atoms with E-state index in [0.717, 1.165) is 13.1 Å². The Kier molecular flexibility index (Phi) is 8.19. The van der Waals surface area contributed by atoms with Crippen LogP contribution < -0.4 is 10.6 Å². The minimum Gasteiger partial charge on any atom is -0.448 e. The van der Waals surface area contributed by atoms with Crippen LogP contribution in [0.15, 0.2) is 0 Å². The predicted octanol–water partition coefficient (Wildman–Crippen LogP) is -0.247. The lowest BCUT2D eigenvalue weighted by molar-refractivity contribution is 0.0374. The van der Waals surface area contributed by atoms with E-state index >= 15 is 0 Å². The molecule has 0 aromatic rings. The summed E-state index contributed by atoms with van der Waals surface area (Å²) in [5, 5.41) is 4.87. The Balaban J connectivity index is 1.44. The Morgan fingerprint density at radius 1 is 0.920 bits per heavy atom. The number of ether oxygens (including phenoxy) is 4. The molecular weight excluding hydrogens is 332 g/mol. The number of nitrogens with zero attached hydrogens (tertiary/aromatic N) is 2. The van der Waals surface area contributed by atoms with Crippen LogP contribution in [0.4, 0.5) is 9.59 Å². The van der Waals surface area contributed by atoms with Crippen molar-refractivity contribution in [3.63, 3.8) is 0 Å². The fraction of sp³-hybridized carbons (Fsp3) is 0.867. The van der Waals surface area contributed by atoms with Gasteiger partial charge in [-0.2, -0.15) is 0 Å². The van der Waals surface area contributed by atoms with Crippen LogP contribution in [0.1, 0.15) is 13.8 Å². The second-order valence-corrected chi connectivity index (χ2v) is 5.81. The van der Waals surface area contributed by atoms with E-state index in [1.54, 1.807) is 0 Å². The van der Waals surface area contributed by atoms with Gasteiger partial charge in [0.1, 0.15) is 25.7 Å². The van der Waals surface area contributed by atoms with Crippen molar-refractivity contribution in [2.45, 2.75) is 26.3 Å². The second-order valence-electron chi connectivity index (χ2n) is 5.81. The van der Waals surface area contributed by atoms with Crippen LogP contribution in [0.25, 0.3) is 0 Å². The van der Waals surface area contributed by atoms with Crippen LogP contribution in [0.5, 0.6) is 0 Å². The Bertz CT molecular complexity index is 400. The maximum Gasteiger partial charge on any atom is 0.408 e. The summed E-state index contributed by atoms with van der Waals surface area (Å²) in [6.45, 7) is 8.69. The molecule has 2 N–H and O–H groups in total. The maximum absolute atomic E-state index is 11.5. The van der Waals surface area contributed by atoms with Gasteiger partial charge in [-0.25, -0.2) is 9.59 Å². The molecule has 2 unspecified atom stereocenters. The summed E-state index contributed by atoms with van der Waals surface area (Å²) in [5.74, 6) is 0. The fourth-order valence-corrected chi connectivity index (χ4v) is 2.64. The zero-order valence-corrected chi connectivity index (χ0v) is 14.9. The smallest absolute Gasteiger partial charge is 0.408 e. The molecule has 0 aromatic carbocycles. The van der Waals surface area contributed by atoms with Crippen molar-refractivity contribution in [1.29, 1.82) is 0 Å². The summed E-state index contributed by atoms with van der Waals surface area (Å²) >= 11 is 0. The summed E-state index contributed by atoms with van der Waals surface area (Å²) in [4.78, 5) is 27.2. The normalized spacial score (nSPS) is 24.2. The first kappa shape index (κ1) is 19.7. The molecular formula is C15H28N4O6. The zero-order valence-electron chi connectivity index (χ0n) is 14.9. The Labute approximate surface area is 147 Å². The molecule has 0 bridgehead atoms. The Morgan fingerprint density at radius 2 is 1.36 bits per heavy atom. The van der Waals surface area contributed by atoms with Crippen LogP contribution >= 0.6 is 0 Å². The lowest BCUT2D eigenvalue weighted by Crippen LogP contribution is -2.40. The average Bonchev–Trinajstić information content (AvgIpc) is 3.16. The van der Waals surface area contributed by atoms with Crippen LogP contribution in [-0.2, 0) is 18.9 Å². The van der Waals surface area contributed by atoms with Crippen molar-refractivity contribution in [3.8, 4) is 0 Å². The number of hydrogen-bond acceptors (Lipinski definition) is 8. The largest absolute Gasteiger partial charge is 0.448 e. The number of alkyl carbamates (subject to hydrolysis) is 2. The summed E-state index contributed by atoms with van der Waals surface area (Å²) in [6.07, 6.45) is -1.07. The number of carbonyl (C=O) groups is 2. The highest BCUT2D eigenvalue weighted by molar-refractivity contribution is 5.70. The summed E-state index contributed by atoms with van der Waals surface area (Å²) in [7, 11) is 0. The number of hydrogen-bond donors (Lipinski definition) is 2. The fourth-order valence-electron chi connectivity index (χ4n) is 2.64. The van der Waals surface area contributed by atoms with Gasteiger partial charge in [0.15, 0.2) is 0 Å². The number of amides is 2. The molecule has 0 aromatic heterocycles. The standard InChI is InChI=1S/C15H28N4O6/c1-12-18(3-7-22-12)5-9-24-14(20)16-11-17-15(21)25-10-6-19-4-8-23-13(19)2/h12-13H,3-11H2,1-2H3,(H,16,20)(H,17,21). The van der Waals surface area contributed by atoms with Crippen molar-refractivity contribution in [2.75, 3.05) is 59.3 Å². The van der Waals surface area contributed by atoms with E-state index in [0.29, 0.717) is 26.3 Å². The molecule has 0 saturated carbocycles. The van der Waals surface area contributed by atoms with Gasteiger partial charge in [0.2, 0.25) is 0 Å². The molecule has 2 rings (SSSR count). The number of rotatable bonds is 8. The van der Waals surface area contributed by atoms with E-state index in [2.05, 4.69) is 20.4 Å². The molecule has 2 saturated heterocycles. The minimum atomic E-state index is -0.587.